The average molecular weight is 464 g/mol. The molecule has 1 heterocycles. The molecule has 5 nitrogen and oxygen atoms in total. The second-order valence-corrected chi connectivity index (χ2v) is 8.46. The lowest BCUT2D eigenvalue weighted by atomic mass is 9.88. The number of hydrogen-bond donors (Lipinski definition) is 1. The number of nitrogens with zero attached hydrogens (tertiary/aromatic N) is 2. The number of benzene rings is 2. The molecule has 2 aliphatic rings. The van der Waals surface area contributed by atoms with Gasteiger partial charge in [0.15, 0.2) is 0 Å². The third-order valence-corrected chi connectivity index (χ3v) is 6.07. The third kappa shape index (κ3) is 4.50. The molecule has 0 bridgehead atoms. The summed E-state index contributed by atoms with van der Waals surface area (Å²) in [7, 11) is 0. The van der Waals surface area contributed by atoms with Crippen LogP contribution in [0, 0.1) is 0 Å². The van der Waals surface area contributed by atoms with E-state index in [0.717, 1.165) is 31.4 Å². The Labute approximate surface area is 188 Å². The summed E-state index contributed by atoms with van der Waals surface area (Å²) >= 11 is 5.95. The number of amides is 2. The van der Waals surface area contributed by atoms with Crippen molar-refractivity contribution in [3.63, 3.8) is 0 Å². The molecule has 0 aromatic heterocycles. The minimum Gasteiger partial charge on any atom is -0.325 e. The van der Waals surface area contributed by atoms with Crippen LogP contribution in [0.5, 0.6) is 0 Å². The lowest BCUT2D eigenvalue weighted by Gasteiger charge is -2.38. The van der Waals surface area contributed by atoms with Crippen LogP contribution in [0.15, 0.2) is 53.5 Å². The van der Waals surface area contributed by atoms with E-state index in [1.807, 2.05) is 0 Å². The minimum absolute atomic E-state index is 0.0213. The minimum atomic E-state index is -4.51. The highest BCUT2D eigenvalue weighted by Crippen LogP contribution is 2.39. The lowest BCUT2D eigenvalue weighted by Crippen LogP contribution is -2.51. The first-order valence-corrected chi connectivity index (χ1v) is 10.7. The van der Waals surface area contributed by atoms with Crippen LogP contribution in [0.25, 0.3) is 0 Å². The van der Waals surface area contributed by atoms with Crippen molar-refractivity contribution in [3.8, 4) is 0 Å². The van der Waals surface area contributed by atoms with Gasteiger partial charge in [-0.25, -0.2) is 0 Å². The van der Waals surface area contributed by atoms with Crippen LogP contribution < -0.4 is 5.32 Å². The number of carbonyl (C=O) groups excluding carboxylic acids is 2. The molecule has 1 aliphatic carbocycles. The highest BCUT2D eigenvalue weighted by molar-refractivity contribution is 6.47. The number of nitrogens with one attached hydrogen (secondary N) is 1. The van der Waals surface area contributed by atoms with Crippen molar-refractivity contribution in [1.29, 1.82) is 0 Å². The summed E-state index contributed by atoms with van der Waals surface area (Å²) in [6, 6.07) is 11.2. The van der Waals surface area contributed by atoms with Crippen molar-refractivity contribution >= 4 is 34.8 Å². The van der Waals surface area contributed by atoms with Crippen molar-refractivity contribution in [2.45, 2.75) is 43.9 Å². The van der Waals surface area contributed by atoms with Crippen LogP contribution in [0.1, 0.15) is 43.2 Å². The fraction of sp³-hybridized carbons (Fsp3) is 0.348. The molecule has 9 heteroatoms. The molecule has 4 rings (SSSR count). The first-order chi connectivity index (χ1) is 15.2. The van der Waals surface area contributed by atoms with Gasteiger partial charge in [0.2, 0.25) is 5.91 Å². The maximum Gasteiger partial charge on any atom is 0.416 e. The molecule has 0 saturated heterocycles. The zero-order chi connectivity index (χ0) is 22.9. The van der Waals surface area contributed by atoms with Gasteiger partial charge >= 0.3 is 6.18 Å². The first-order valence-electron chi connectivity index (χ1n) is 10.3. The lowest BCUT2D eigenvalue weighted by molar-refractivity contribution is -0.137. The molecule has 32 heavy (non-hydrogen) atoms. The van der Waals surface area contributed by atoms with Crippen LogP contribution in [0.4, 0.5) is 18.9 Å². The Morgan fingerprint density at radius 1 is 1.09 bits per heavy atom. The topological polar surface area (TPSA) is 61.8 Å². The van der Waals surface area contributed by atoms with Crippen LogP contribution in [-0.4, -0.2) is 34.6 Å². The van der Waals surface area contributed by atoms with Crippen LogP contribution in [-0.2, 0) is 15.8 Å². The number of hydrogen-bond acceptors (Lipinski definition) is 3. The van der Waals surface area contributed by atoms with Crippen LogP contribution >= 0.6 is 11.6 Å². The maximum absolute atomic E-state index is 13.3. The summed E-state index contributed by atoms with van der Waals surface area (Å²) < 4.78 is 38.9. The molecular weight excluding hydrogens is 443 g/mol. The quantitative estimate of drug-likeness (QED) is 0.669. The second-order valence-electron chi connectivity index (χ2n) is 8.03. The molecule has 1 N–H and O–H groups in total. The molecule has 1 aliphatic heterocycles. The molecule has 1 spiro atoms. The first kappa shape index (κ1) is 22.3. The van der Waals surface area contributed by atoms with Gasteiger partial charge in [0.25, 0.3) is 5.91 Å². The maximum atomic E-state index is 13.3. The van der Waals surface area contributed by atoms with E-state index in [0.29, 0.717) is 23.4 Å². The molecule has 2 aromatic rings. The molecule has 0 radical (unpaired) electrons. The van der Waals surface area contributed by atoms with Gasteiger partial charge in [-0.1, -0.05) is 36.2 Å². The SMILES string of the molecule is O=C(CN1C(=O)C(c2ccc(Cl)cc2)=NC12CCCCC2)Nc1cccc(C(F)(F)F)c1. The molecule has 0 atom stereocenters. The molecule has 1 saturated carbocycles. The van der Waals surface area contributed by atoms with Gasteiger partial charge in [0.05, 0.1) is 5.56 Å². The zero-order valence-electron chi connectivity index (χ0n) is 17.1. The Hall–Kier alpha value is -2.87. The molecule has 2 aromatic carbocycles. The molecule has 2 amide bonds. The van der Waals surface area contributed by atoms with Gasteiger partial charge in [-0.3, -0.25) is 14.6 Å². The number of carbonyl (C=O) groups is 2. The number of rotatable bonds is 4. The van der Waals surface area contributed by atoms with Gasteiger partial charge < -0.3 is 10.2 Å². The highest BCUT2D eigenvalue weighted by Gasteiger charge is 2.48. The summed E-state index contributed by atoms with van der Waals surface area (Å²) in [6.07, 6.45) is -0.489. The summed E-state index contributed by atoms with van der Waals surface area (Å²) in [6.45, 7) is -0.296. The monoisotopic (exact) mass is 463 g/mol. The summed E-state index contributed by atoms with van der Waals surface area (Å²) in [5.74, 6) is -0.941. The Balaban J connectivity index is 1.56. The summed E-state index contributed by atoms with van der Waals surface area (Å²) in [5, 5.41) is 3.02. The summed E-state index contributed by atoms with van der Waals surface area (Å²) in [4.78, 5) is 32.2. The van der Waals surface area contributed by atoms with E-state index in [1.165, 1.54) is 17.0 Å². The fourth-order valence-corrected chi connectivity index (χ4v) is 4.39. The Morgan fingerprint density at radius 2 is 1.78 bits per heavy atom. The number of halogens is 4. The third-order valence-electron chi connectivity index (χ3n) is 5.82. The Morgan fingerprint density at radius 3 is 2.44 bits per heavy atom. The van der Waals surface area contributed by atoms with Crippen molar-refractivity contribution in [3.05, 3.63) is 64.7 Å². The van der Waals surface area contributed by atoms with Crippen LogP contribution in [0.2, 0.25) is 5.02 Å². The number of alkyl halides is 3. The van der Waals surface area contributed by atoms with Crippen molar-refractivity contribution in [2.75, 3.05) is 11.9 Å². The van der Waals surface area contributed by atoms with E-state index in [2.05, 4.69) is 5.32 Å². The fourth-order valence-electron chi connectivity index (χ4n) is 4.27. The molecule has 1 fully saturated rings. The predicted octanol–water partition coefficient (Wildman–Crippen LogP) is 5.29. The van der Waals surface area contributed by atoms with Crippen molar-refractivity contribution in [2.24, 2.45) is 4.99 Å². The van der Waals surface area contributed by atoms with Crippen molar-refractivity contribution < 1.29 is 22.8 Å². The van der Waals surface area contributed by atoms with E-state index < -0.39 is 23.3 Å². The van der Waals surface area contributed by atoms with E-state index in [4.69, 9.17) is 16.6 Å². The van der Waals surface area contributed by atoms with E-state index >= 15 is 0 Å². The highest BCUT2D eigenvalue weighted by atomic mass is 35.5. The Kier molecular flexibility index (Phi) is 5.99. The standard InChI is InChI=1S/C23H21ClF3N3O2/c24-17-9-7-15(8-10-17)20-21(32)30(22(29-20)11-2-1-3-12-22)14-19(31)28-18-6-4-5-16(13-18)23(25,26)27/h4-10,13H,1-3,11-12,14H2,(H,28,31). The van der Waals surface area contributed by atoms with E-state index in [1.54, 1.807) is 24.3 Å². The van der Waals surface area contributed by atoms with E-state index in [9.17, 15) is 22.8 Å². The molecule has 0 unspecified atom stereocenters. The zero-order valence-corrected chi connectivity index (χ0v) is 17.8. The van der Waals surface area contributed by atoms with Gasteiger partial charge in [-0.2, -0.15) is 13.2 Å². The molecular formula is C23H21ClF3N3O2. The predicted molar refractivity (Wildman–Crippen MR) is 116 cm³/mol. The average Bonchev–Trinajstić information content (AvgIpc) is 3.00. The normalized spacial score (nSPS) is 18.1. The van der Waals surface area contributed by atoms with E-state index in [-0.39, 0.29) is 23.9 Å². The van der Waals surface area contributed by atoms with Gasteiger partial charge in [0, 0.05) is 16.3 Å². The van der Waals surface area contributed by atoms with Gasteiger partial charge in [0.1, 0.15) is 17.9 Å². The number of aliphatic imine (C=N–C) groups is 1. The number of anilines is 1. The largest absolute Gasteiger partial charge is 0.416 e. The second kappa shape index (κ2) is 8.58. The summed E-state index contributed by atoms with van der Waals surface area (Å²) in [5.41, 5.74) is -0.756. The Bertz CT molecular complexity index is 1060. The van der Waals surface area contributed by atoms with Gasteiger partial charge in [-0.05, 0) is 56.0 Å². The van der Waals surface area contributed by atoms with Crippen LogP contribution in [0.3, 0.4) is 0 Å². The smallest absolute Gasteiger partial charge is 0.325 e. The van der Waals surface area contributed by atoms with Crippen molar-refractivity contribution in [1.82, 2.24) is 4.90 Å². The van der Waals surface area contributed by atoms with Gasteiger partial charge in [-0.15, -0.1) is 0 Å². The molecule has 168 valence electrons.